The van der Waals surface area contributed by atoms with Gasteiger partial charge in [-0.05, 0) is 54.6 Å². The molecule has 1 amide bonds. The summed E-state index contributed by atoms with van der Waals surface area (Å²) in [6.45, 7) is -0.541. The van der Waals surface area contributed by atoms with E-state index in [0.717, 1.165) is 18.2 Å². The molecule has 0 aromatic heterocycles. The largest absolute Gasteiger partial charge is 0.497 e. The predicted octanol–water partition coefficient (Wildman–Crippen LogP) is 5.19. The highest BCUT2D eigenvalue weighted by Gasteiger charge is 2.31. The number of anilines is 2. The Balaban J connectivity index is 1.61. The van der Waals surface area contributed by atoms with Crippen molar-refractivity contribution in [2.45, 2.75) is 11.1 Å². The average Bonchev–Trinajstić information content (AvgIpc) is 2.78. The van der Waals surface area contributed by atoms with E-state index in [2.05, 4.69) is 10.0 Å². The van der Waals surface area contributed by atoms with Gasteiger partial charge in [0.1, 0.15) is 11.5 Å². The number of nitrogens with one attached hydrogen (secondary N) is 2. The molecule has 7 nitrogen and oxygen atoms in total. The summed E-state index contributed by atoms with van der Waals surface area (Å²) in [5.74, 6) is -0.100. The lowest BCUT2D eigenvalue weighted by Gasteiger charge is -2.12. The first kappa shape index (κ1) is 25.2. The lowest BCUT2D eigenvalue weighted by molar-refractivity contribution is -0.137. The van der Waals surface area contributed by atoms with Crippen LogP contribution in [0.15, 0.2) is 71.6 Å². The number of alkyl halides is 3. The second-order valence-corrected chi connectivity index (χ2v) is 8.93. The molecule has 34 heavy (non-hydrogen) atoms. The molecule has 0 bridgehead atoms. The Morgan fingerprint density at radius 1 is 1.00 bits per heavy atom. The molecule has 180 valence electrons. The Kier molecular flexibility index (Phi) is 7.57. The van der Waals surface area contributed by atoms with Crippen molar-refractivity contribution in [1.29, 1.82) is 0 Å². The zero-order chi connectivity index (χ0) is 24.9. The quantitative estimate of drug-likeness (QED) is 0.432. The summed E-state index contributed by atoms with van der Waals surface area (Å²) in [6.07, 6.45) is -4.59. The van der Waals surface area contributed by atoms with Crippen LogP contribution in [0, 0.1) is 0 Å². The third-order valence-corrected chi connectivity index (χ3v) is 6.12. The number of halogens is 4. The molecule has 0 fully saturated rings. The second-order valence-electron chi connectivity index (χ2n) is 6.84. The van der Waals surface area contributed by atoms with Crippen molar-refractivity contribution in [3.05, 3.63) is 77.3 Å². The van der Waals surface area contributed by atoms with Crippen LogP contribution < -0.4 is 19.5 Å². The van der Waals surface area contributed by atoms with Crippen LogP contribution in [-0.2, 0) is 21.0 Å². The van der Waals surface area contributed by atoms with Gasteiger partial charge in [0.2, 0.25) is 0 Å². The molecule has 0 aliphatic rings. The van der Waals surface area contributed by atoms with Gasteiger partial charge in [-0.1, -0.05) is 17.7 Å². The average molecular weight is 515 g/mol. The molecule has 0 atom stereocenters. The van der Waals surface area contributed by atoms with Crippen molar-refractivity contribution in [3.8, 4) is 11.5 Å². The van der Waals surface area contributed by atoms with Crippen molar-refractivity contribution in [1.82, 2.24) is 0 Å². The smallest absolute Gasteiger partial charge is 0.416 e. The van der Waals surface area contributed by atoms with Gasteiger partial charge >= 0.3 is 6.18 Å². The van der Waals surface area contributed by atoms with Crippen LogP contribution >= 0.6 is 11.6 Å². The van der Waals surface area contributed by atoms with Gasteiger partial charge in [-0.25, -0.2) is 8.42 Å². The van der Waals surface area contributed by atoms with E-state index in [0.29, 0.717) is 11.4 Å². The Bertz CT molecular complexity index is 1280. The molecule has 3 aromatic rings. The van der Waals surface area contributed by atoms with E-state index in [1.54, 1.807) is 18.2 Å². The second kappa shape index (κ2) is 10.2. The van der Waals surface area contributed by atoms with Crippen LogP contribution in [-0.4, -0.2) is 28.0 Å². The van der Waals surface area contributed by atoms with Gasteiger partial charge in [0.15, 0.2) is 6.61 Å². The molecular formula is C22H18ClF3N2O5S. The Labute approximate surface area is 198 Å². The van der Waals surface area contributed by atoms with Crippen LogP contribution in [0.5, 0.6) is 11.5 Å². The minimum absolute atomic E-state index is 0.0529. The Morgan fingerprint density at radius 2 is 1.71 bits per heavy atom. The summed E-state index contributed by atoms with van der Waals surface area (Å²) >= 11 is 5.85. The maximum atomic E-state index is 12.8. The number of hydrogen-bond acceptors (Lipinski definition) is 5. The van der Waals surface area contributed by atoms with E-state index >= 15 is 0 Å². The number of ether oxygens (including phenoxy) is 2. The molecule has 2 N–H and O–H groups in total. The molecule has 0 aliphatic carbocycles. The fraction of sp³-hybridized carbons (Fsp3) is 0.136. The van der Waals surface area contributed by atoms with E-state index in [-0.39, 0.29) is 21.4 Å². The lowest BCUT2D eigenvalue weighted by atomic mass is 10.2. The van der Waals surface area contributed by atoms with Crippen LogP contribution in [0.25, 0.3) is 0 Å². The summed E-state index contributed by atoms with van der Waals surface area (Å²) in [7, 11) is -2.44. The van der Waals surface area contributed by atoms with Crippen molar-refractivity contribution in [2.24, 2.45) is 0 Å². The molecule has 0 radical (unpaired) electrons. The van der Waals surface area contributed by atoms with Gasteiger partial charge in [0, 0.05) is 6.07 Å². The number of hydrogen-bond donors (Lipinski definition) is 2. The number of rotatable bonds is 8. The topological polar surface area (TPSA) is 93.7 Å². The number of methoxy groups -OCH3 is 1. The first-order valence-corrected chi connectivity index (χ1v) is 11.4. The maximum absolute atomic E-state index is 12.8. The molecular weight excluding hydrogens is 497 g/mol. The minimum Gasteiger partial charge on any atom is -0.497 e. The van der Waals surface area contributed by atoms with E-state index in [9.17, 15) is 26.4 Å². The van der Waals surface area contributed by atoms with Crippen LogP contribution in [0.1, 0.15) is 5.56 Å². The van der Waals surface area contributed by atoms with Gasteiger partial charge in [-0.3, -0.25) is 9.52 Å². The Morgan fingerprint density at radius 3 is 2.35 bits per heavy atom. The number of carbonyl (C=O) groups excluding carboxylic acids is 1. The zero-order valence-corrected chi connectivity index (χ0v) is 19.1. The molecule has 3 rings (SSSR count). The summed E-state index contributed by atoms with van der Waals surface area (Å²) in [5.41, 5.74) is -0.868. The molecule has 12 heteroatoms. The first-order chi connectivity index (χ1) is 16.0. The number of carbonyl (C=O) groups is 1. The van der Waals surface area contributed by atoms with Crippen LogP contribution in [0.4, 0.5) is 24.5 Å². The third-order valence-electron chi connectivity index (χ3n) is 4.39. The van der Waals surface area contributed by atoms with Gasteiger partial charge in [-0.15, -0.1) is 0 Å². The highest BCUT2D eigenvalue weighted by atomic mass is 35.5. The number of benzene rings is 3. The van der Waals surface area contributed by atoms with Crippen LogP contribution in [0.3, 0.4) is 0 Å². The van der Waals surface area contributed by atoms with Gasteiger partial charge in [0.25, 0.3) is 15.9 Å². The lowest BCUT2D eigenvalue weighted by Crippen LogP contribution is -2.21. The first-order valence-electron chi connectivity index (χ1n) is 9.54. The molecule has 3 aromatic carbocycles. The summed E-state index contributed by atoms with van der Waals surface area (Å²) in [5, 5.41) is 2.18. The molecule has 0 aliphatic heterocycles. The van der Waals surface area contributed by atoms with Crippen molar-refractivity contribution in [2.75, 3.05) is 23.8 Å². The SMILES string of the molecule is COc1cccc(NS(=O)(=O)c2ccc(OCC(=O)Nc3cc(C(F)(F)F)ccc3Cl)cc2)c1. The normalized spacial score (nSPS) is 11.6. The minimum atomic E-state index is -4.59. The van der Waals surface area contributed by atoms with E-state index in [1.807, 2.05) is 0 Å². The monoisotopic (exact) mass is 514 g/mol. The number of amides is 1. The summed E-state index contributed by atoms with van der Waals surface area (Å²) in [6, 6.07) is 14.2. The van der Waals surface area contributed by atoms with E-state index < -0.39 is 34.3 Å². The van der Waals surface area contributed by atoms with Gasteiger partial charge in [0.05, 0.1) is 34.0 Å². The van der Waals surface area contributed by atoms with Crippen molar-refractivity contribution < 1.29 is 35.9 Å². The molecule has 0 saturated heterocycles. The molecule has 0 spiro atoms. The molecule has 0 heterocycles. The Hall–Kier alpha value is -3.44. The third kappa shape index (κ3) is 6.55. The fourth-order valence-electron chi connectivity index (χ4n) is 2.75. The number of sulfonamides is 1. The van der Waals surface area contributed by atoms with Crippen molar-refractivity contribution >= 4 is 38.9 Å². The van der Waals surface area contributed by atoms with E-state index in [1.165, 1.54) is 37.4 Å². The van der Waals surface area contributed by atoms with E-state index in [4.69, 9.17) is 21.1 Å². The standard InChI is InChI=1S/C22H18ClF3N2O5S/c1-32-17-4-2-3-15(12-17)28-34(30,31)18-8-6-16(7-9-18)33-13-21(29)27-20-11-14(22(24,25)26)5-10-19(20)23/h2-12,28H,13H2,1H3,(H,27,29). The van der Waals surface area contributed by atoms with Crippen molar-refractivity contribution in [3.63, 3.8) is 0 Å². The fourth-order valence-corrected chi connectivity index (χ4v) is 3.96. The van der Waals surface area contributed by atoms with Crippen LogP contribution in [0.2, 0.25) is 5.02 Å². The molecule has 0 unspecified atom stereocenters. The predicted molar refractivity (Wildman–Crippen MR) is 121 cm³/mol. The zero-order valence-electron chi connectivity index (χ0n) is 17.5. The highest BCUT2D eigenvalue weighted by molar-refractivity contribution is 7.92. The van der Waals surface area contributed by atoms with Gasteiger partial charge < -0.3 is 14.8 Å². The highest BCUT2D eigenvalue weighted by Crippen LogP contribution is 2.33. The molecule has 0 saturated carbocycles. The summed E-state index contributed by atoms with van der Waals surface area (Å²) < 4.78 is 76.4. The maximum Gasteiger partial charge on any atom is 0.416 e. The van der Waals surface area contributed by atoms with Gasteiger partial charge in [-0.2, -0.15) is 13.2 Å². The summed E-state index contributed by atoms with van der Waals surface area (Å²) in [4.78, 5) is 12.0.